The van der Waals surface area contributed by atoms with Crippen LogP contribution in [0.2, 0.25) is 0 Å². The van der Waals surface area contributed by atoms with Crippen molar-refractivity contribution in [2.24, 2.45) is 5.41 Å². The Kier molecular flexibility index (Phi) is 4.65. The lowest BCUT2D eigenvalue weighted by Crippen LogP contribution is -2.59. The molecule has 0 N–H and O–H groups in total. The number of thioether (sulfide) groups is 1. The van der Waals surface area contributed by atoms with Crippen molar-refractivity contribution >= 4 is 47.0 Å². The zero-order chi connectivity index (χ0) is 18.6. The minimum Gasteiger partial charge on any atom is -0.391 e. The van der Waals surface area contributed by atoms with Crippen LogP contribution in [0, 0.1) is 5.41 Å². The van der Waals surface area contributed by atoms with Gasteiger partial charge in [-0.25, -0.2) is 4.79 Å². The van der Waals surface area contributed by atoms with Crippen LogP contribution >= 0.6 is 23.4 Å². The summed E-state index contributed by atoms with van der Waals surface area (Å²) in [6, 6.07) is -0.911. The van der Waals surface area contributed by atoms with Gasteiger partial charge in [-0.05, 0) is 34.6 Å². The van der Waals surface area contributed by atoms with Crippen LogP contribution in [0.4, 0.5) is 0 Å². The number of amides is 1. The number of fused-ring (bicyclic) bond motifs is 1. The Bertz CT molecular complexity index is 676. The number of β-lactam (4-membered cyclic amide) rings is 1. The number of carbonyl (C=O) groups excluding carboxylic acids is 4. The zero-order valence-electron chi connectivity index (χ0n) is 14.4. The smallest absolute Gasteiger partial charge is 0.338 e. The lowest BCUT2D eigenvalue weighted by Gasteiger charge is -2.39. The molecule has 0 saturated carbocycles. The van der Waals surface area contributed by atoms with Crippen LogP contribution in [0.5, 0.6) is 0 Å². The summed E-state index contributed by atoms with van der Waals surface area (Å²) in [6.45, 7) is 9.78. The van der Waals surface area contributed by atoms with Crippen molar-refractivity contribution in [1.29, 1.82) is 0 Å². The molecular weight excluding hydrogens is 354 g/mol. The van der Waals surface area contributed by atoms with Gasteiger partial charge < -0.3 is 9.64 Å². The molecule has 6 nitrogen and oxygen atoms in total. The number of nitrogens with zero attached hydrogens (tertiary/aromatic N) is 1. The predicted molar refractivity (Wildman–Crippen MR) is 90.2 cm³/mol. The quantitative estimate of drug-likeness (QED) is 0.319. The predicted octanol–water partition coefficient (Wildman–Crippen LogP) is 2.25. The van der Waals surface area contributed by atoms with E-state index in [1.165, 1.54) is 23.6 Å². The average molecular weight is 374 g/mol. The zero-order valence-corrected chi connectivity index (χ0v) is 16.0. The molecule has 2 rings (SSSR count). The number of hydrogen-bond acceptors (Lipinski definition) is 6. The molecule has 0 spiro atoms. The largest absolute Gasteiger partial charge is 0.391 e. The van der Waals surface area contributed by atoms with Crippen molar-refractivity contribution in [1.82, 2.24) is 4.90 Å². The Balaban J connectivity index is 2.29. The van der Waals surface area contributed by atoms with E-state index in [-0.39, 0.29) is 10.6 Å². The number of carbonyl (C=O) groups is 4. The Morgan fingerprint density at radius 1 is 1.25 bits per heavy atom. The van der Waals surface area contributed by atoms with E-state index in [4.69, 9.17) is 16.3 Å². The second-order valence-corrected chi connectivity index (χ2v) is 9.54. The van der Waals surface area contributed by atoms with Crippen LogP contribution in [-0.4, -0.2) is 44.7 Å². The van der Waals surface area contributed by atoms with Crippen molar-refractivity contribution < 1.29 is 23.9 Å². The number of hydrogen-bond donors (Lipinski definition) is 0. The van der Waals surface area contributed by atoms with E-state index in [1.807, 2.05) is 0 Å². The second-order valence-electron chi connectivity index (χ2n) is 7.43. The molecule has 0 aromatic carbocycles. The third-order valence-corrected chi connectivity index (χ3v) is 5.88. The molecule has 24 heavy (non-hydrogen) atoms. The second kappa shape index (κ2) is 5.88. The fourth-order valence-corrected chi connectivity index (χ4v) is 4.40. The van der Waals surface area contributed by atoms with Gasteiger partial charge in [-0.2, -0.15) is 0 Å². The number of halogens is 1. The minimum absolute atomic E-state index is 0.107. The number of ether oxygens (including phenoxy) is 1. The number of Topliss-reactive ketones (excluding diaryl/α,β-unsaturated/α-hetero) is 1. The summed E-state index contributed by atoms with van der Waals surface area (Å²) in [5.74, 6) is -2.28. The van der Waals surface area contributed by atoms with E-state index in [9.17, 15) is 19.2 Å². The number of esters is 2. The Labute approximate surface area is 149 Å². The third kappa shape index (κ3) is 2.99. The Morgan fingerprint density at radius 2 is 1.79 bits per heavy atom. The Morgan fingerprint density at radius 3 is 2.25 bits per heavy atom. The van der Waals surface area contributed by atoms with Gasteiger partial charge >= 0.3 is 11.9 Å². The normalized spacial score (nSPS) is 27.3. The maximum absolute atomic E-state index is 12.5. The van der Waals surface area contributed by atoms with Crippen LogP contribution in [0.1, 0.15) is 41.5 Å². The minimum atomic E-state index is -0.911. The van der Waals surface area contributed by atoms with Crippen molar-refractivity contribution in [2.45, 2.75) is 57.7 Å². The molecule has 0 aromatic rings. The van der Waals surface area contributed by atoms with E-state index in [0.29, 0.717) is 0 Å². The molecule has 0 unspecified atom stereocenters. The van der Waals surface area contributed by atoms with Crippen molar-refractivity contribution in [2.75, 3.05) is 0 Å². The molecule has 0 bridgehead atoms. The molecule has 2 aliphatic heterocycles. The highest BCUT2D eigenvalue weighted by Crippen LogP contribution is 2.54. The maximum atomic E-state index is 12.5. The topological polar surface area (TPSA) is 80.8 Å². The fraction of sp³-hybridized carbons (Fsp3) is 0.625. The monoisotopic (exact) mass is 373 g/mol. The van der Waals surface area contributed by atoms with Gasteiger partial charge in [0.1, 0.15) is 11.4 Å². The van der Waals surface area contributed by atoms with Gasteiger partial charge in [0.05, 0.1) is 16.0 Å². The molecule has 1 amide bonds. The SMILES string of the molecule is CC(=O)C(Cl)=C1C(=O)N2[C@@H]1SC(C)(C)[C@@H]2C(=O)OC(=O)C(C)(C)C. The maximum Gasteiger partial charge on any atom is 0.338 e. The lowest BCUT2D eigenvalue weighted by molar-refractivity contribution is -0.171. The molecule has 132 valence electrons. The van der Waals surface area contributed by atoms with E-state index in [0.717, 1.165) is 0 Å². The first-order valence-corrected chi connectivity index (χ1v) is 8.72. The number of rotatable bonds is 2. The summed E-state index contributed by atoms with van der Waals surface area (Å²) in [5.41, 5.74) is -0.618. The van der Waals surface area contributed by atoms with Gasteiger partial charge in [0.25, 0.3) is 5.91 Å². The van der Waals surface area contributed by atoms with Crippen LogP contribution in [0.15, 0.2) is 10.6 Å². The summed E-state index contributed by atoms with van der Waals surface area (Å²) in [6.07, 6.45) is 0. The summed E-state index contributed by atoms with van der Waals surface area (Å²) in [5, 5.41) is -0.587. The summed E-state index contributed by atoms with van der Waals surface area (Å²) >= 11 is 7.29. The van der Waals surface area contributed by atoms with Gasteiger partial charge in [-0.3, -0.25) is 14.4 Å². The highest BCUT2D eigenvalue weighted by Gasteiger charge is 2.63. The first-order valence-electron chi connectivity index (χ1n) is 7.46. The molecule has 2 aliphatic rings. The molecule has 2 fully saturated rings. The first kappa shape index (κ1) is 19.0. The van der Waals surface area contributed by atoms with E-state index >= 15 is 0 Å². The van der Waals surface area contributed by atoms with Gasteiger partial charge in [-0.15, -0.1) is 11.8 Å². The van der Waals surface area contributed by atoms with Crippen molar-refractivity contribution in [3.05, 3.63) is 10.6 Å². The molecule has 2 atom stereocenters. The molecule has 0 radical (unpaired) electrons. The van der Waals surface area contributed by atoms with E-state index in [1.54, 1.807) is 34.6 Å². The molecule has 0 aliphatic carbocycles. The Hall–Kier alpha value is -1.34. The summed E-state index contributed by atoms with van der Waals surface area (Å²) in [4.78, 5) is 49.6. The van der Waals surface area contributed by atoms with Gasteiger partial charge in [0.2, 0.25) is 0 Å². The average Bonchev–Trinajstić information content (AvgIpc) is 2.65. The van der Waals surface area contributed by atoms with Gasteiger partial charge in [0.15, 0.2) is 5.78 Å². The van der Waals surface area contributed by atoms with Gasteiger partial charge in [0, 0.05) is 11.7 Å². The lowest BCUT2D eigenvalue weighted by atomic mass is 9.94. The molecule has 2 heterocycles. The molecule has 8 heteroatoms. The van der Waals surface area contributed by atoms with E-state index in [2.05, 4.69) is 0 Å². The molecular formula is C16H20ClNO5S. The number of allylic oxidation sites excluding steroid dienone is 1. The first-order chi connectivity index (χ1) is 10.8. The summed E-state index contributed by atoms with van der Waals surface area (Å²) < 4.78 is 4.30. The van der Waals surface area contributed by atoms with Crippen molar-refractivity contribution in [3.8, 4) is 0 Å². The highest BCUT2D eigenvalue weighted by molar-refractivity contribution is 8.01. The van der Waals surface area contributed by atoms with Gasteiger partial charge in [-0.1, -0.05) is 11.6 Å². The molecule has 0 aromatic heterocycles. The third-order valence-electron chi connectivity index (χ3n) is 3.89. The standard InChI is InChI=1S/C16H20ClNO5S/c1-7(19)9(17)8-11(20)18-10(16(5,6)24-12(8)18)13(21)23-14(22)15(2,3)4/h10,12H,1-6H3/t10-,12+/m0/s1. The fourth-order valence-electron chi connectivity index (χ4n) is 2.57. The number of ketones is 1. The van der Waals surface area contributed by atoms with E-state index < -0.39 is 45.2 Å². The van der Waals surface area contributed by atoms with Crippen LogP contribution in [-0.2, 0) is 23.9 Å². The van der Waals surface area contributed by atoms with Crippen LogP contribution in [0.25, 0.3) is 0 Å². The van der Waals surface area contributed by atoms with Crippen molar-refractivity contribution in [3.63, 3.8) is 0 Å². The van der Waals surface area contributed by atoms with Crippen LogP contribution < -0.4 is 0 Å². The van der Waals surface area contributed by atoms with Crippen LogP contribution in [0.3, 0.4) is 0 Å². The highest BCUT2D eigenvalue weighted by atomic mass is 35.5. The summed E-state index contributed by atoms with van der Waals surface area (Å²) in [7, 11) is 0. The molecule has 2 saturated heterocycles.